The SMILES string of the molecule is CN(C)CCCOc1ncc(N)cc1C(=O)O. The highest BCUT2D eigenvalue weighted by Crippen LogP contribution is 2.17. The van der Waals surface area contributed by atoms with Gasteiger partial charge in [0.15, 0.2) is 0 Å². The molecule has 0 fully saturated rings. The molecule has 6 heteroatoms. The standard InChI is InChI=1S/C11H17N3O3/c1-14(2)4-3-5-17-10-9(11(15)16)6-8(12)7-13-10/h6-7H,3-5,12H2,1-2H3,(H,15,16). The molecule has 1 heterocycles. The summed E-state index contributed by atoms with van der Waals surface area (Å²) in [7, 11) is 3.92. The lowest BCUT2D eigenvalue weighted by Crippen LogP contribution is -2.16. The van der Waals surface area contributed by atoms with Gasteiger partial charge in [-0.25, -0.2) is 9.78 Å². The Kier molecular flexibility index (Phi) is 4.71. The van der Waals surface area contributed by atoms with E-state index in [1.807, 2.05) is 19.0 Å². The van der Waals surface area contributed by atoms with Crippen LogP contribution in [0.2, 0.25) is 0 Å². The first-order chi connectivity index (χ1) is 8.00. The zero-order chi connectivity index (χ0) is 12.8. The number of carboxylic acid groups (broad SMARTS) is 1. The van der Waals surface area contributed by atoms with Crippen LogP contribution in [-0.2, 0) is 0 Å². The lowest BCUT2D eigenvalue weighted by atomic mass is 10.2. The number of anilines is 1. The Labute approximate surface area is 100 Å². The molecule has 3 N–H and O–H groups in total. The minimum absolute atomic E-state index is 0.00477. The maximum Gasteiger partial charge on any atom is 0.341 e. The van der Waals surface area contributed by atoms with Crippen LogP contribution in [0.5, 0.6) is 5.88 Å². The molecule has 1 rings (SSSR count). The first-order valence-electron chi connectivity index (χ1n) is 5.27. The van der Waals surface area contributed by atoms with Crippen molar-refractivity contribution in [3.8, 4) is 5.88 Å². The van der Waals surface area contributed by atoms with Gasteiger partial charge in [-0.3, -0.25) is 0 Å². The van der Waals surface area contributed by atoms with Crippen molar-refractivity contribution < 1.29 is 14.6 Å². The number of carboxylic acids is 1. The van der Waals surface area contributed by atoms with Crippen LogP contribution in [-0.4, -0.2) is 48.2 Å². The number of rotatable bonds is 6. The topological polar surface area (TPSA) is 88.7 Å². The molecule has 0 unspecified atom stereocenters. The fraction of sp³-hybridized carbons (Fsp3) is 0.455. The van der Waals surface area contributed by atoms with E-state index in [0.717, 1.165) is 13.0 Å². The van der Waals surface area contributed by atoms with Crippen molar-refractivity contribution in [2.45, 2.75) is 6.42 Å². The highest BCUT2D eigenvalue weighted by molar-refractivity contribution is 5.91. The summed E-state index contributed by atoms with van der Waals surface area (Å²) in [5.74, 6) is -0.974. The molecule has 0 spiro atoms. The van der Waals surface area contributed by atoms with Crippen molar-refractivity contribution in [3.63, 3.8) is 0 Å². The zero-order valence-corrected chi connectivity index (χ0v) is 10.0. The van der Waals surface area contributed by atoms with E-state index in [0.29, 0.717) is 12.3 Å². The molecule has 0 aliphatic rings. The van der Waals surface area contributed by atoms with E-state index in [9.17, 15) is 4.79 Å². The molecule has 0 atom stereocenters. The molecule has 1 aromatic heterocycles. The molecular formula is C11H17N3O3. The first-order valence-corrected chi connectivity index (χ1v) is 5.27. The number of aromatic nitrogens is 1. The maximum atomic E-state index is 10.9. The molecule has 0 amide bonds. The van der Waals surface area contributed by atoms with Crippen LogP contribution in [0.15, 0.2) is 12.3 Å². The molecule has 1 aromatic rings. The van der Waals surface area contributed by atoms with E-state index in [4.69, 9.17) is 15.6 Å². The number of ether oxygens (including phenoxy) is 1. The number of pyridine rings is 1. The van der Waals surface area contributed by atoms with Crippen molar-refractivity contribution in [2.75, 3.05) is 33.0 Å². The number of hydrogen-bond donors (Lipinski definition) is 2. The van der Waals surface area contributed by atoms with Crippen LogP contribution in [0.4, 0.5) is 5.69 Å². The van der Waals surface area contributed by atoms with Gasteiger partial charge in [0, 0.05) is 6.54 Å². The predicted octanol–water partition coefficient (Wildman–Crippen LogP) is 0.692. The van der Waals surface area contributed by atoms with Crippen molar-refractivity contribution in [3.05, 3.63) is 17.8 Å². The Morgan fingerprint density at radius 1 is 1.59 bits per heavy atom. The van der Waals surface area contributed by atoms with E-state index in [1.165, 1.54) is 12.3 Å². The molecule has 6 nitrogen and oxygen atoms in total. The minimum atomic E-state index is -1.09. The van der Waals surface area contributed by atoms with Crippen LogP contribution >= 0.6 is 0 Å². The summed E-state index contributed by atoms with van der Waals surface area (Å²) in [5.41, 5.74) is 5.78. The average molecular weight is 239 g/mol. The summed E-state index contributed by atoms with van der Waals surface area (Å²) in [6, 6.07) is 1.34. The highest BCUT2D eigenvalue weighted by Gasteiger charge is 2.13. The van der Waals surface area contributed by atoms with Gasteiger partial charge in [-0.2, -0.15) is 0 Å². The summed E-state index contributed by atoms with van der Waals surface area (Å²) < 4.78 is 5.33. The van der Waals surface area contributed by atoms with Crippen LogP contribution in [0.1, 0.15) is 16.8 Å². The quantitative estimate of drug-likeness (QED) is 0.710. The molecule has 0 radical (unpaired) electrons. The van der Waals surface area contributed by atoms with E-state index in [2.05, 4.69) is 4.98 Å². The molecule has 0 saturated carbocycles. The van der Waals surface area contributed by atoms with Crippen molar-refractivity contribution in [1.29, 1.82) is 0 Å². The molecule has 0 aromatic carbocycles. The van der Waals surface area contributed by atoms with Crippen LogP contribution in [0, 0.1) is 0 Å². The summed E-state index contributed by atoms with van der Waals surface area (Å²) >= 11 is 0. The second kappa shape index (κ2) is 6.05. The molecule has 0 saturated heterocycles. The molecular weight excluding hydrogens is 222 g/mol. The normalized spacial score (nSPS) is 10.5. The maximum absolute atomic E-state index is 10.9. The Balaban J connectivity index is 2.61. The third kappa shape index (κ3) is 4.28. The monoisotopic (exact) mass is 239 g/mol. The van der Waals surface area contributed by atoms with E-state index in [1.54, 1.807) is 0 Å². The highest BCUT2D eigenvalue weighted by atomic mass is 16.5. The second-order valence-electron chi connectivity index (χ2n) is 3.93. The van der Waals surface area contributed by atoms with Gasteiger partial charge < -0.3 is 20.5 Å². The van der Waals surface area contributed by atoms with Crippen LogP contribution in [0.3, 0.4) is 0 Å². The fourth-order valence-corrected chi connectivity index (χ4v) is 1.29. The Hall–Kier alpha value is -1.82. The fourth-order valence-electron chi connectivity index (χ4n) is 1.29. The van der Waals surface area contributed by atoms with E-state index in [-0.39, 0.29) is 11.4 Å². The van der Waals surface area contributed by atoms with Gasteiger partial charge in [0.2, 0.25) is 5.88 Å². The third-order valence-electron chi connectivity index (χ3n) is 2.09. The lowest BCUT2D eigenvalue weighted by molar-refractivity contribution is 0.0691. The minimum Gasteiger partial charge on any atom is -0.477 e. The number of nitrogens with zero attached hydrogens (tertiary/aromatic N) is 2. The summed E-state index contributed by atoms with van der Waals surface area (Å²) in [4.78, 5) is 16.8. The van der Waals surface area contributed by atoms with E-state index >= 15 is 0 Å². The van der Waals surface area contributed by atoms with Gasteiger partial charge >= 0.3 is 5.97 Å². The number of carbonyl (C=O) groups is 1. The third-order valence-corrected chi connectivity index (χ3v) is 2.09. The van der Waals surface area contributed by atoms with Crippen LogP contribution < -0.4 is 10.5 Å². The van der Waals surface area contributed by atoms with Gasteiger partial charge in [0.05, 0.1) is 18.5 Å². The Bertz CT molecular complexity index is 394. The molecule has 0 aliphatic heterocycles. The zero-order valence-electron chi connectivity index (χ0n) is 10.0. The molecule has 17 heavy (non-hydrogen) atoms. The molecule has 94 valence electrons. The summed E-state index contributed by atoms with van der Waals surface area (Å²) in [5, 5.41) is 8.95. The lowest BCUT2D eigenvalue weighted by Gasteiger charge is -2.11. The van der Waals surface area contributed by atoms with Gasteiger partial charge in [-0.05, 0) is 26.6 Å². The number of hydrogen-bond acceptors (Lipinski definition) is 5. The number of nitrogens with two attached hydrogens (primary N) is 1. The summed E-state index contributed by atoms with van der Waals surface area (Å²) in [6.07, 6.45) is 2.19. The first kappa shape index (κ1) is 13.2. The smallest absolute Gasteiger partial charge is 0.341 e. The van der Waals surface area contributed by atoms with Gasteiger partial charge in [0.1, 0.15) is 5.56 Å². The molecule has 0 aliphatic carbocycles. The largest absolute Gasteiger partial charge is 0.477 e. The predicted molar refractivity (Wildman–Crippen MR) is 64.3 cm³/mol. The molecule has 0 bridgehead atoms. The van der Waals surface area contributed by atoms with Gasteiger partial charge in [-0.1, -0.05) is 0 Å². The van der Waals surface area contributed by atoms with E-state index < -0.39 is 5.97 Å². The van der Waals surface area contributed by atoms with Crippen molar-refractivity contribution >= 4 is 11.7 Å². The Morgan fingerprint density at radius 3 is 2.88 bits per heavy atom. The van der Waals surface area contributed by atoms with Crippen molar-refractivity contribution in [2.24, 2.45) is 0 Å². The summed E-state index contributed by atoms with van der Waals surface area (Å²) in [6.45, 7) is 1.30. The number of nitrogen functional groups attached to an aromatic ring is 1. The average Bonchev–Trinajstić information content (AvgIpc) is 2.25. The Morgan fingerprint density at radius 2 is 2.29 bits per heavy atom. The van der Waals surface area contributed by atoms with Crippen molar-refractivity contribution in [1.82, 2.24) is 9.88 Å². The van der Waals surface area contributed by atoms with Crippen LogP contribution in [0.25, 0.3) is 0 Å². The second-order valence-corrected chi connectivity index (χ2v) is 3.93. The van der Waals surface area contributed by atoms with Gasteiger partial charge in [-0.15, -0.1) is 0 Å². The number of aromatic carboxylic acids is 1. The van der Waals surface area contributed by atoms with Gasteiger partial charge in [0.25, 0.3) is 0 Å².